The zero-order valence-corrected chi connectivity index (χ0v) is 17.2. The largest absolute Gasteiger partial charge is 0.335 e. The van der Waals surface area contributed by atoms with Crippen LogP contribution in [0.1, 0.15) is 34.5 Å². The van der Waals surface area contributed by atoms with Gasteiger partial charge in [-0.1, -0.05) is 18.2 Å². The minimum atomic E-state index is -0.171. The molecule has 1 aliphatic heterocycles. The SMILES string of the molecule is Cc1cccc(C)c1NC(=O)CN(C)C(=O)CN1CCc2sccc2[C@H]1C. The number of rotatable bonds is 5. The lowest BCUT2D eigenvalue weighted by Gasteiger charge is -2.34. The van der Waals surface area contributed by atoms with E-state index >= 15 is 0 Å². The first-order valence-corrected chi connectivity index (χ1v) is 10.1. The van der Waals surface area contributed by atoms with E-state index in [0.717, 1.165) is 29.8 Å². The molecule has 27 heavy (non-hydrogen) atoms. The predicted octanol–water partition coefficient (Wildman–Crippen LogP) is 3.38. The Balaban J connectivity index is 1.56. The average molecular weight is 386 g/mol. The van der Waals surface area contributed by atoms with Crippen LogP contribution in [-0.2, 0) is 16.0 Å². The van der Waals surface area contributed by atoms with Crippen molar-refractivity contribution in [3.8, 4) is 0 Å². The van der Waals surface area contributed by atoms with E-state index in [1.54, 1.807) is 18.4 Å². The number of nitrogens with zero attached hydrogens (tertiary/aromatic N) is 2. The summed E-state index contributed by atoms with van der Waals surface area (Å²) in [6.45, 7) is 7.35. The summed E-state index contributed by atoms with van der Waals surface area (Å²) in [5.74, 6) is -0.202. The molecule has 3 rings (SSSR count). The lowest BCUT2D eigenvalue weighted by Crippen LogP contribution is -2.44. The van der Waals surface area contributed by atoms with Crippen molar-refractivity contribution < 1.29 is 9.59 Å². The maximum absolute atomic E-state index is 12.6. The summed E-state index contributed by atoms with van der Waals surface area (Å²) in [6, 6.07) is 8.29. The lowest BCUT2D eigenvalue weighted by atomic mass is 10.0. The minimum Gasteiger partial charge on any atom is -0.335 e. The Morgan fingerprint density at radius 1 is 1.26 bits per heavy atom. The molecule has 0 spiro atoms. The van der Waals surface area contributed by atoms with Gasteiger partial charge < -0.3 is 10.2 Å². The van der Waals surface area contributed by atoms with Gasteiger partial charge in [-0.15, -0.1) is 11.3 Å². The third-order valence-corrected chi connectivity index (χ3v) is 6.29. The molecule has 2 heterocycles. The highest BCUT2D eigenvalue weighted by molar-refractivity contribution is 7.10. The topological polar surface area (TPSA) is 52.7 Å². The van der Waals surface area contributed by atoms with Gasteiger partial charge in [-0.25, -0.2) is 0 Å². The average Bonchev–Trinajstić information content (AvgIpc) is 3.10. The number of hydrogen-bond donors (Lipinski definition) is 1. The van der Waals surface area contributed by atoms with Crippen LogP contribution in [0.25, 0.3) is 0 Å². The van der Waals surface area contributed by atoms with Crippen molar-refractivity contribution in [2.24, 2.45) is 0 Å². The van der Waals surface area contributed by atoms with Crippen LogP contribution in [0.5, 0.6) is 0 Å². The molecular formula is C21H27N3O2S. The molecule has 1 aromatic heterocycles. The molecule has 1 aromatic carbocycles. The molecule has 144 valence electrons. The molecule has 0 saturated carbocycles. The van der Waals surface area contributed by atoms with E-state index in [9.17, 15) is 9.59 Å². The van der Waals surface area contributed by atoms with Gasteiger partial charge in [-0.2, -0.15) is 0 Å². The number of benzene rings is 1. The number of amides is 2. The maximum Gasteiger partial charge on any atom is 0.243 e. The molecule has 2 aromatic rings. The quantitative estimate of drug-likeness (QED) is 0.858. The van der Waals surface area contributed by atoms with Gasteiger partial charge in [0.25, 0.3) is 0 Å². The number of carbonyl (C=O) groups is 2. The molecular weight excluding hydrogens is 358 g/mol. The maximum atomic E-state index is 12.6. The Hall–Kier alpha value is -2.18. The number of thiophene rings is 1. The number of para-hydroxylation sites is 1. The number of carbonyl (C=O) groups excluding carboxylic acids is 2. The van der Waals surface area contributed by atoms with Crippen LogP contribution in [0, 0.1) is 13.8 Å². The summed E-state index contributed by atoms with van der Waals surface area (Å²) in [7, 11) is 1.69. The Kier molecular flexibility index (Phi) is 5.97. The zero-order valence-electron chi connectivity index (χ0n) is 16.4. The third-order valence-electron chi connectivity index (χ3n) is 5.29. The molecule has 0 fully saturated rings. The first-order chi connectivity index (χ1) is 12.9. The number of hydrogen-bond acceptors (Lipinski definition) is 4. The summed E-state index contributed by atoms with van der Waals surface area (Å²) < 4.78 is 0. The van der Waals surface area contributed by atoms with E-state index in [0.29, 0.717) is 6.54 Å². The molecule has 1 aliphatic rings. The number of anilines is 1. The third kappa shape index (κ3) is 4.39. The van der Waals surface area contributed by atoms with E-state index in [4.69, 9.17) is 0 Å². The Morgan fingerprint density at radius 3 is 2.67 bits per heavy atom. The van der Waals surface area contributed by atoms with E-state index in [-0.39, 0.29) is 24.4 Å². The fourth-order valence-electron chi connectivity index (χ4n) is 3.57. The summed E-state index contributed by atoms with van der Waals surface area (Å²) in [6.07, 6.45) is 0.987. The number of likely N-dealkylation sites (N-methyl/N-ethyl adjacent to an activating group) is 1. The number of nitrogens with one attached hydrogen (secondary N) is 1. The van der Waals surface area contributed by atoms with Gasteiger partial charge in [-0.3, -0.25) is 14.5 Å². The monoisotopic (exact) mass is 385 g/mol. The lowest BCUT2D eigenvalue weighted by molar-refractivity contribution is -0.134. The Labute approximate surface area is 165 Å². The van der Waals surface area contributed by atoms with Crippen molar-refractivity contribution in [3.63, 3.8) is 0 Å². The molecule has 0 unspecified atom stereocenters. The van der Waals surface area contributed by atoms with E-state index in [1.165, 1.54) is 15.3 Å². The molecule has 6 heteroatoms. The van der Waals surface area contributed by atoms with Crippen molar-refractivity contribution in [1.82, 2.24) is 9.80 Å². The van der Waals surface area contributed by atoms with Gasteiger partial charge in [0.15, 0.2) is 0 Å². The predicted molar refractivity (Wildman–Crippen MR) is 110 cm³/mol. The van der Waals surface area contributed by atoms with Crippen molar-refractivity contribution >= 4 is 28.8 Å². The zero-order chi connectivity index (χ0) is 19.6. The molecule has 5 nitrogen and oxygen atoms in total. The second kappa shape index (κ2) is 8.23. The first kappa shape index (κ1) is 19.6. The van der Waals surface area contributed by atoms with Gasteiger partial charge in [-0.05, 0) is 55.3 Å². The van der Waals surface area contributed by atoms with Gasteiger partial charge in [0, 0.05) is 30.2 Å². The van der Waals surface area contributed by atoms with Crippen LogP contribution < -0.4 is 5.32 Å². The molecule has 0 aliphatic carbocycles. The molecule has 0 bridgehead atoms. The molecule has 2 amide bonds. The minimum absolute atomic E-state index is 0.0304. The van der Waals surface area contributed by atoms with Gasteiger partial charge in [0.05, 0.1) is 13.1 Å². The van der Waals surface area contributed by atoms with Crippen LogP contribution in [0.15, 0.2) is 29.6 Å². The fourth-order valence-corrected chi connectivity index (χ4v) is 4.53. The van der Waals surface area contributed by atoms with Crippen LogP contribution in [-0.4, -0.2) is 48.3 Å². The summed E-state index contributed by atoms with van der Waals surface area (Å²) >= 11 is 1.79. The summed E-state index contributed by atoms with van der Waals surface area (Å²) in [5.41, 5.74) is 4.20. The van der Waals surface area contributed by atoms with Crippen LogP contribution in [0.2, 0.25) is 0 Å². The highest BCUT2D eigenvalue weighted by Gasteiger charge is 2.27. The van der Waals surface area contributed by atoms with Crippen molar-refractivity contribution in [1.29, 1.82) is 0 Å². The number of fused-ring (bicyclic) bond motifs is 1. The van der Waals surface area contributed by atoms with Crippen LogP contribution in [0.3, 0.4) is 0 Å². The van der Waals surface area contributed by atoms with Crippen LogP contribution >= 0.6 is 11.3 Å². The van der Waals surface area contributed by atoms with Crippen molar-refractivity contribution in [2.75, 3.05) is 32.0 Å². The first-order valence-electron chi connectivity index (χ1n) is 9.27. The second-order valence-electron chi connectivity index (χ2n) is 7.26. The summed E-state index contributed by atoms with van der Waals surface area (Å²) in [4.78, 5) is 30.2. The summed E-state index contributed by atoms with van der Waals surface area (Å²) in [5, 5.41) is 5.06. The normalized spacial score (nSPS) is 16.7. The van der Waals surface area contributed by atoms with Gasteiger partial charge in [0.2, 0.25) is 11.8 Å². The number of aryl methyl sites for hydroxylation is 2. The van der Waals surface area contributed by atoms with E-state index < -0.39 is 0 Å². The van der Waals surface area contributed by atoms with Crippen molar-refractivity contribution in [3.05, 3.63) is 51.2 Å². The standard InChI is InChI=1S/C21H27N3O2S/c1-14-6-5-7-15(2)21(14)22-19(25)12-23(4)20(26)13-24-10-8-18-17(16(24)3)9-11-27-18/h5-7,9,11,16H,8,10,12-13H2,1-4H3,(H,22,25)/t16-/m1/s1. The van der Waals surface area contributed by atoms with Gasteiger partial charge >= 0.3 is 0 Å². The van der Waals surface area contributed by atoms with Crippen LogP contribution in [0.4, 0.5) is 5.69 Å². The second-order valence-corrected chi connectivity index (χ2v) is 8.26. The van der Waals surface area contributed by atoms with E-state index in [2.05, 4.69) is 28.6 Å². The molecule has 0 saturated heterocycles. The molecule has 0 radical (unpaired) electrons. The highest BCUT2D eigenvalue weighted by atomic mass is 32.1. The van der Waals surface area contributed by atoms with Gasteiger partial charge in [0.1, 0.15) is 0 Å². The Bertz CT molecular complexity index is 825. The fraction of sp³-hybridized carbons (Fsp3) is 0.429. The van der Waals surface area contributed by atoms with Crippen molar-refractivity contribution in [2.45, 2.75) is 33.2 Å². The Morgan fingerprint density at radius 2 is 1.96 bits per heavy atom. The molecule has 1 N–H and O–H groups in total. The highest BCUT2D eigenvalue weighted by Crippen LogP contribution is 2.32. The molecule has 1 atom stereocenters. The smallest absolute Gasteiger partial charge is 0.243 e. The van der Waals surface area contributed by atoms with E-state index in [1.807, 2.05) is 32.0 Å².